The van der Waals surface area contributed by atoms with Crippen LogP contribution in [0.2, 0.25) is 0 Å². The van der Waals surface area contributed by atoms with Gasteiger partial charge in [0.15, 0.2) is 0 Å². The lowest BCUT2D eigenvalue weighted by Crippen LogP contribution is -2.65. The van der Waals surface area contributed by atoms with E-state index in [-0.39, 0.29) is 29.4 Å². The Morgan fingerprint density at radius 1 is 1.24 bits per heavy atom. The molecule has 1 saturated heterocycles. The van der Waals surface area contributed by atoms with Crippen LogP contribution >= 0.6 is 0 Å². The minimum atomic E-state index is -0.359. The van der Waals surface area contributed by atoms with Crippen molar-refractivity contribution >= 4 is 5.91 Å². The van der Waals surface area contributed by atoms with Gasteiger partial charge >= 0.3 is 0 Å². The lowest BCUT2D eigenvalue weighted by molar-refractivity contribution is -0.136. The van der Waals surface area contributed by atoms with Gasteiger partial charge in [0.2, 0.25) is 5.91 Å². The van der Waals surface area contributed by atoms with Gasteiger partial charge in [-0.15, -0.1) is 0 Å². The Morgan fingerprint density at radius 2 is 2.00 bits per heavy atom. The first-order valence-corrected chi connectivity index (χ1v) is 9.73. The molecule has 0 unspecified atom stereocenters. The van der Waals surface area contributed by atoms with Crippen LogP contribution in [0.15, 0.2) is 30.3 Å². The monoisotopic (exact) mass is 343 g/mol. The van der Waals surface area contributed by atoms with Gasteiger partial charge in [-0.2, -0.15) is 0 Å². The van der Waals surface area contributed by atoms with E-state index < -0.39 is 0 Å². The van der Waals surface area contributed by atoms with E-state index in [0.29, 0.717) is 12.5 Å². The maximum Gasteiger partial charge on any atom is 0.230 e. The Hall–Kier alpha value is -1.39. The van der Waals surface area contributed by atoms with Crippen LogP contribution in [0.1, 0.15) is 44.1 Å². The van der Waals surface area contributed by atoms with E-state index in [1.807, 2.05) is 6.07 Å². The number of carbonyl (C=O) groups excluding carboxylic acids is 1. The molecule has 0 bridgehead atoms. The van der Waals surface area contributed by atoms with Gasteiger partial charge in [-0.1, -0.05) is 49.6 Å². The van der Waals surface area contributed by atoms with Crippen LogP contribution in [0.3, 0.4) is 0 Å². The maximum absolute atomic E-state index is 13.5. The van der Waals surface area contributed by atoms with Crippen molar-refractivity contribution in [3.8, 4) is 0 Å². The van der Waals surface area contributed by atoms with E-state index in [2.05, 4.69) is 29.6 Å². The third kappa shape index (κ3) is 2.89. The number of benzene rings is 1. The summed E-state index contributed by atoms with van der Waals surface area (Å²) in [6.07, 6.45) is 6.71. The molecule has 4 heteroatoms. The largest absolute Gasteiger partial charge is 0.384 e. The molecule has 4 nitrogen and oxygen atoms in total. The minimum Gasteiger partial charge on any atom is -0.384 e. The number of hydrogen-bond donors (Lipinski definition) is 1. The van der Waals surface area contributed by atoms with Crippen LogP contribution < -0.4 is 5.32 Å². The summed E-state index contributed by atoms with van der Waals surface area (Å²) in [5, 5.41) is 3.43. The van der Waals surface area contributed by atoms with Gasteiger partial charge in [0.05, 0.1) is 18.1 Å². The molecule has 3 fully saturated rings. The highest BCUT2D eigenvalue weighted by Gasteiger charge is 2.55. The van der Waals surface area contributed by atoms with Crippen molar-refractivity contribution in [1.82, 2.24) is 5.32 Å². The molecule has 3 aliphatic rings. The van der Waals surface area contributed by atoms with Crippen molar-refractivity contribution in [1.29, 1.82) is 0 Å². The molecular formula is C21H29NO3. The Bertz CT molecular complexity index is 596. The van der Waals surface area contributed by atoms with Crippen molar-refractivity contribution in [2.45, 2.75) is 56.1 Å². The minimum absolute atomic E-state index is 0.197. The number of amides is 1. The molecule has 0 radical (unpaired) electrons. The molecule has 2 aliphatic carbocycles. The zero-order chi connectivity index (χ0) is 17.3. The molecule has 1 aliphatic heterocycles. The Balaban J connectivity index is 1.55. The summed E-state index contributed by atoms with van der Waals surface area (Å²) in [6.45, 7) is 1.47. The van der Waals surface area contributed by atoms with Gasteiger partial charge in [0, 0.05) is 31.6 Å². The first-order valence-electron chi connectivity index (χ1n) is 9.73. The molecule has 4 rings (SSSR count). The van der Waals surface area contributed by atoms with Crippen LogP contribution in [0, 0.1) is 11.8 Å². The molecule has 1 N–H and O–H groups in total. The second-order valence-corrected chi connectivity index (χ2v) is 7.92. The molecule has 1 amide bonds. The summed E-state index contributed by atoms with van der Waals surface area (Å²) in [4.78, 5) is 13.5. The maximum atomic E-state index is 13.5. The predicted molar refractivity (Wildman–Crippen MR) is 96.3 cm³/mol. The summed E-state index contributed by atoms with van der Waals surface area (Å²) in [7, 11) is 1.73. The lowest BCUT2D eigenvalue weighted by Gasteiger charge is -2.49. The SMILES string of the molecule is COC[C@H]1[C@@H](NC(=O)C2(c3ccccc3)CCCCC2)[C@@H]2CCO[C@@H]21. The molecule has 1 heterocycles. The number of carbonyl (C=O) groups is 1. The van der Waals surface area contributed by atoms with E-state index in [1.54, 1.807) is 7.11 Å². The number of fused-ring (bicyclic) bond motifs is 1. The highest BCUT2D eigenvalue weighted by Crippen LogP contribution is 2.45. The van der Waals surface area contributed by atoms with Gasteiger partial charge in [-0.25, -0.2) is 0 Å². The fourth-order valence-electron chi connectivity index (χ4n) is 5.28. The van der Waals surface area contributed by atoms with E-state index in [0.717, 1.165) is 38.7 Å². The van der Waals surface area contributed by atoms with Crippen LogP contribution in [-0.4, -0.2) is 38.4 Å². The van der Waals surface area contributed by atoms with E-state index >= 15 is 0 Å². The topological polar surface area (TPSA) is 47.6 Å². The van der Waals surface area contributed by atoms with Gasteiger partial charge in [0.25, 0.3) is 0 Å². The molecule has 1 aromatic carbocycles. The number of methoxy groups -OCH3 is 1. The van der Waals surface area contributed by atoms with Gasteiger partial charge in [-0.05, 0) is 24.8 Å². The van der Waals surface area contributed by atoms with Crippen molar-refractivity contribution in [2.24, 2.45) is 11.8 Å². The molecular weight excluding hydrogens is 314 g/mol. The summed E-state index contributed by atoms with van der Waals surface area (Å²) >= 11 is 0. The predicted octanol–water partition coefficient (Wildman–Crippen LogP) is 3.05. The Labute approximate surface area is 150 Å². The molecule has 25 heavy (non-hydrogen) atoms. The zero-order valence-corrected chi connectivity index (χ0v) is 15.1. The lowest BCUT2D eigenvalue weighted by atomic mass is 9.65. The second kappa shape index (κ2) is 7.08. The summed E-state index contributed by atoms with van der Waals surface area (Å²) < 4.78 is 11.2. The standard InChI is InChI=1S/C21H29NO3/c1-24-14-17-18(16-10-13-25-19(16)17)22-20(23)21(11-6-3-7-12-21)15-8-4-2-5-9-15/h2,4-5,8-9,16-19H,3,6-7,10-14H2,1H3,(H,22,23)/t16-,17-,18-,19-/m0/s1. The van der Waals surface area contributed by atoms with Crippen molar-refractivity contribution in [3.63, 3.8) is 0 Å². The van der Waals surface area contributed by atoms with Crippen molar-refractivity contribution < 1.29 is 14.3 Å². The molecule has 0 aromatic heterocycles. The highest BCUT2D eigenvalue weighted by atomic mass is 16.5. The average Bonchev–Trinajstić information content (AvgIpc) is 3.09. The van der Waals surface area contributed by atoms with Crippen LogP contribution in [0.4, 0.5) is 0 Å². The molecule has 0 spiro atoms. The average molecular weight is 343 g/mol. The van der Waals surface area contributed by atoms with Crippen LogP contribution in [0.25, 0.3) is 0 Å². The first-order chi connectivity index (χ1) is 12.3. The first kappa shape index (κ1) is 17.0. The van der Waals surface area contributed by atoms with Crippen molar-refractivity contribution in [2.75, 3.05) is 20.3 Å². The van der Waals surface area contributed by atoms with Crippen molar-refractivity contribution in [3.05, 3.63) is 35.9 Å². The van der Waals surface area contributed by atoms with E-state index in [4.69, 9.17) is 9.47 Å². The molecule has 1 aromatic rings. The third-order valence-corrected chi connectivity index (χ3v) is 6.65. The van der Waals surface area contributed by atoms with E-state index in [1.165, 1.54) is 12.0 Å². The summed E-state index contributed by atoms with van der Waals surface area (Å²) in [5.74, 6) is 0.966. The summed E-state index contributed by atoms with van der Waals surface area (Å²) in [6, 6.07) is 10.6. The van der Waals surface area contributed by atoms with Gasteiger partial charge < -0.3 is 14.8 Å². The quantitative estimate of drug-likeness (QED) is 0.894. The van der Waals surface area contributed by atoms with Gasteiger partial charge in [0.1, 0.15) is 0 Å². The number of ether oxygens (including phenoxy) is 2. The molecule has 136 valence electrons. The highest BCUT2D eigenvalue weighted by molar-refractivity contribution is 5.88. The molecule has 4 atom stereocenters. The smallest absolute Gasteiger partial charge is 0.230 e. The van der Waals surface area contributed by atoms with E-state index in [9.17, 15) is 4.79 Å². The summed E-state index contributed by atoms with van der Waals surface area (Å²) in [5.41, 5.74) is 0.816. The Morgan fingerprint density at radius 3 is 2.72 bits per heavy atom. The zero-order valence-electron chi connectivity index (χ0n) is 15.1. The number of nitrogens with one attached hydrogen (secondary N) is 1. The Kier molecular flexibility index (Phi) is 4.83. The fraction of sp³-hybridized carbons (Fsp3) is 0.667. The van der Waals surface area contributed by atoms with Crippen LogP contribution in [-0.2, 0) is 19.7 Å². The third-order valence-electron chi connectivity index (χ3n) is 6.65. The van der Waals surface area contributed by atoms with Crippen LogP contribution in [0.5, 0.6) is 0 Å². The van der Waals surface area contributed by atoms with Gasteiger partial charge in [-0.3, -0.25) is 4.79 Å². The fourth-order valence-corrected chi connectivity index (χ4v) is 5.28. The molecule has 2 saturated carbocycles. The number of hydrogen-bond acceptors (Lipinski definition) is 3. The second-order valence-electron chi connectivity index (χ2n) is 7.92. The normalized spacial score (nSPS) is 33.3. The number of rotatable bonds is 5.